The zero-order valence-corrected chi connectivity index (χ0v) is 16.6. The number of hydrogen-bond acceptors (Lipinski definition) is 4. The summed E-state index contributed by atoms with van der Waals surface area (Å²) in [5.74, 6) is 0.538. The summed E-state index contributed by atoms with van der Waals surface area (Å²) >= 11 is 0. The number of morpholine rings is 1. The molecule has 2 atom stereocenters. The number of ether oxygens (including phenoxy) is 3. The van der Waals surface area contributed by atoms with Gasteiger partial charge in [0, 0.05) is 26.2 Å². The Balaban J connectivity index is 1.57. The number of benzene rings is 1. The van der Waals surface area contributed by atoms with Crippen molar-refractivity contribution < 1.29 is 27.4 Å². The van der Waals surface area contributed by atoms with Gasteiger partial charge in [-0.25, -0.2) is 4.99 Å². The van der Waals surface area contributed by atoms with Gasteiger partial charge in [-0.3, -0.25) is 0 Å². The summed E-state index contributed by atoms with van der Waals surface area (Å²) < 4.78 is 56.1. The smallest absolute Gasteiger partial charge is 0.419 e. The molecule has 1 aromatic carbocycles. The van der Waals surface area contributed by atoms with Crippen LogP contribution in [0.1, 0.15) is 25.3 Å². The molecule has 0 spiro atoms. The number of nitrogens with one attached hydrogen (secondary N) is 1. The highest BCUT2D eigenvalue weighted by molar-refractivity contribution is 5.80. The van der Waals surface area contributed by atoms with Gasteiger partial charge in [-0.1, -0.05) is 12.1 Å². The van der Waals surface area contributed by atoms with Gasteiger partial charge in [0.2, 0.25) is 0 Å². The molecule has 0 radical (unpaired) electrons. The van der Waals surface area contributed by atoms with Crippen LogP contribution in [0.3, 0.4) is 0 Å². The normalized spacial score (nSPS) is 23.3. The average Bonchev–Trinajstić information content (AvgIpc) is 3.25. The molecule has 0 amide bonds. The molecule has 2 aliphatic rings. The first-order valence-corrected chi connectivity index (χ1v) is 10.0. The number of alkyl halides is 3. The number of hydrogen-bond donors (Lipinski definition) is 1. The van der Waals surface area contributed by atoms with E-state index in [1.165, 1.54) is 18.2 Å². The van der Waals surface area contributed by atoms with Crippen LogP contribution in [-0.4, -0.2) is 69.1 Å². The van der Waals surface area contributed by atoms with Crippen molar-refractivity contribution >= 4 is 5.96 Å². The Morgan fingerprint density at radius 3 is 2.76 bits per heavy atom. The number of nitrogens with zero attached hydrogens (tertiary/aromatic N) is 2. The Labute approximate surface area is 169 Å². The zero-order valence-electron chi connectivity index (χ0n) is 16.6. The maximum atomic E-state index is 13.0. The van der Waals surface area contributed by atoms with Crippen LogP contribution < -0.4 is 10.1 Å². The molecule has 0 aliphatic carbocycles. The highest BCUT2D eigenvalue weighted by Gasteiger charge is 2.34. The maximum Gasteiger partial charge on any atom is 0.419 e. The molecule has 0 saturated carbocycles. The molecule has 2 heterocycles. The minimum Gasteiger partial charge on any atom is -0.491 e. The topological polar surface area (TPSA) is 55.3 Å². The van der Waals surface area contributed by atoms with E-state index in [0.717, 1.165) is 25.5 Å². The van der Waals surface area contributed by atoms with Crippen LogP contribution in [0.25, 0.3) is 0 Å². The van der Waals surface area contributed by atoms with Crippen molar-refractivity contribution in [1.29, 1.82) is 0 Å². The summed E-state index contributed by atoms with van der Waals surface area (Å²) in [6.07, 6.45) is -2.28. The lowest BCUT2D eigenvalue weighted by Gasteiger charge is -2.37. The Kier molecular flexibility index (Phi) is 7.60. The average molecular weight is 415 g/mol. The number of halogens is 3. The van der Waals surface area contributed by atoms with Crippen LogP contribution in [0.5, 0.6) is 5.75 Å². The molecule has 2 aliphatic heterocycles. The molecule has 1 aromatic rings. The molecule has 3 rings (SSSR count). The van der Waals surface area contributed by atoms with Gasteiger partial charge in [-0.15, -0.1) is 0 Å². The molecular formula is C20H28F3N3O3. The van der Waals surface area contributed by atoms with Gasteiger partial charge in [0.25, 0.3) is 0 Å². The van der Waals surface area contributed by atoms with E-state index in [4.69, 9.17) is 14.2 Å². The van der Waals surface area contributed by atoms with Gasteiger partial charge < -0.3 is 24.4 Å². The fourth-order valence-corrected chi connectivity index (χ4v) is 3.55. The fourth-order valence-electron chi connectivity index (χ4n) is 3.55. The van der Waals surface area contributed by atoms with Gasteiger partial charge in [0.15, 0.2) is 5.96 Å². The van der Waals surface area contributed by atoms with E-state index < -0.39 is 11.7 Å². The molecule has 0 bridgehead atoms. The van der Waals surface area contributed by atoms with Crippen molar-refractivity contribution in [2.45, 2.75) is 38.1 Å². The third-order valence-electron chi connectivity index (χ3n) is 4.91. The third kappa shape index (κ3) is 5.99. The van der Waals surface area contributed by atoms with Crippen molar-refractivity contribution in [3.63, 3.8) is 0 Å². The molecule has 162 valence electrons. The number of guanidine groups is 1. The Morgan fingerprint density at radius 2 is 2.03 bits per heavy atom. The highest BCUT2D eigenvalue weighted by atomic mass is 19.4. The summed E-state index contributed by atoms with van der Waals surface area (Å²) in [5, 5.41) is 3.24. The zero-order chi connectivity index (χ0) is 20.7. The Morgan fingerprint density at radius 1 is 1.24 bits per heavy atom. The van der Waals surface area contributed by atoms with E-state index in [-0.39, 0.29) is 31.1 Å². The van der Waals surface area contributed by atoms with E-state index in [0.29, 0.717) is 32.2 Å². The van der Waals surface area contributed by atoms with Crippen LogP contribution in [0.4, 0.5) is 13.2 Å². The van der Waals surface area contributed by atoms with Crippen LogP contribution in [0.15, 0.2) is 29.3 Å². The standard InChI is InChI=1S/C20H28F3N3O3/c1-2-24-19(26-10-13-29-18(14-26)17-8-5-11-27-17)25-9-12-28-16-7-4-3-6-15(16)20(21,22)23/h3-4,6-7,17-18H,2,5,8-14H2,1H3,(H,24,25). The summed E-state index contributed by atoms with van der Waals surface area (Å²) in [5.41, 5.74) is -0.775. The quantitative estimate of drug-likeness (QED) is 0.440. The Bertz CT molecular complexity index is 678. The first-order chi connectivity index (χ1) is 14.0. The molecule has 1 N–H and O–H groups in total. The molecule has 2 unspecified atom stereocenters. The van der Waals surface area contributed by atoms with E-state index in [9.17, 15) is 13.2 Å². The first kappa shape index (κ1) is 21.7. The van der Waals surface area contributed by atoms with E-state index >= 15 is 0 Å². The lowest BCUT2D eigenvalue weighted by atomic mass is 10.1. The molecular weight excluding hydrogens is 387 g/mol. The lowest BCUT2D eigenvalue weighted by molar-refractivity contribution is -0.138. The SMILES string of the molecule is CCNC(=NCCOc1ccccc1C(F)(F)F)N1CCOC(C2CCCO2)C1. The monoisotopic (exact) mass is 415 g/mol. The molecule has 2 saturated heterocycles. The van der Waals surface area contributed by atoms with E-state index in [1.807, 2.05) is 6.92 Å². The summed E-state index contributed by atoms with van der Waals surface area (Å²) in [7, 11) is 0. The predicted octanol–water partition coefficient (Wildman–Crippen LogP) is 2.93. The molecule has 29 heavy (non-hydrogen) atoms. The van der Waals surface area contributed by atoms with Crippen LogP contribution >= 0.6 is 0 Å². The van der Waals surface area contributed by atoms with Gasteiger partial charge >= 0.3 is 6.18 Å². The van der Waals surface area contributed by atoms with Crippen molar-refractivity contribution in [3.05, 3.63) is 29.8 Å². The molecule has 6 nitrogen and oxygen atoms in total. The number of aliphatic imine (C=N–C) groups is 1. The second-order valence-electron chi connectivity index (χ2n) is 6.98. The fraction of sp³-hybridized carbons (Fsp3) is 0.650. The largest absolute Gasteiger partial charge is 0.491 e. The second kappa shape index (κ2) is 10.2. The van der Waals surface area contributed by atoms with Crippen molar-refractivity contribution in [1.82, 2.24) is 10.2 Å². The first-order valence-electron chi connectivity index (χ1n) is 10.0. The molecule has 2 fully saturated rings. The lowest BCUT2D eigenvalue weighted by Crippen LogP contribution is -2.53. The van der Waals surface area contributed by atoms with Crippen molar-refractivity contribution in [2.75, 3.05) is 46.0 Å². The summed E-state index contributed by atoms with van der Waals surface area (Å²) in [6.45, 7) is 5.71. The maximum absolute atomic E-state index is 13.0. The van der Waals surface area contributed by atoms with Gasteiger partial charge in [-0.05, 0) is 31.9 Å². The van der Waals surface area contributed by atoms with Crippen molar-refractivity contribution in [3.8, 4) is 5.75 Å². The third-order valence-corrected chi connectivity index (χ3v) is 4.91. The highest BCUT2D eigenvalue weighted by Crippen LogP contribution is 2.35. The van der Waals surface area contributed by atoms with Crippen LogP contribution in [0, 0.1) is 0 Å². The summed E-state index contributed by atoms with van der Waals surface area (Å²) in [4.78, 5) is 6.65. The van der Waals surface area contributed by atoms with E-state index in [1.54, 1.807) is 0 Å². The second-order valence-corrected chi connectivity index (χ2v) is 6.98. The van der Waals surface area contributed by atoms with Gasteiger partial charge in [0.1, 0.15) is 18.5 Å². The minimum atomic E-state index is -4.44. The minimum absolute atomic E-state index is 0.00465. The van der Waals surface area contributed by atoms with Crippen LogP contribution in [0.2, 0.25) is 0 Å². The van der Waals surface area contributed by atoms with E-state index in [2.05, 4.69) is 15.2 Å². The van der Waals surface area contributed by atoms with Gasteiger partial charge in [-0.2, -0.15) is 13.2 Å². The summed E-state index contributed by atoms with van der Waals surface area (Å²) in [6, 6.07) is 5.21. The predicted molar refractivity (Wildman–Crippen MR) is 103 cm³/mol. The number of para-hydroxylation sites is 1. The molecule has 9 heteroatoms. The number of rotatable bonds is 6. The molecule has 0 aromatic heterocycles. The van der Waals surface area contributed by atoms with Crippen molar-refractivity contribution in [2.24, 2.45) is 4.99 Å². The van der Waals surface area contributed by atoms with Gasteiger partial charge in [0.05, 0.1) is 24.8 Å². The van der Waals surface area contributed by atoms with Crippen LogP contribution in [-0.2, 0) is 15.7 Å². The Hall–Kier alpha value is -2.00.